The predicted molar refractivity (Wildman–Crippen MR) is 130 cm³/mol. The second-order valence-corrected chi connectivity index (χ2v) is 9.58. The molecule has 32 heavy (non-hydrogen) atoms. The smallest absolute Gasteiger partial charge is 0.407 e. The van der Waals surface area contributed by atoms with Crippen LogP contribution < -0.4 is 10.6 Å². The van der Waals surface area contributed by atoms with Crippen LogP contribution in [-0.2, 0) is 14.3 Å². The Hall–Kier alpha value is -1.34. The van der Waals surface area contributed by atoms with Crippen molar-refractivity contribution in [2.45, 2.75) is 123 Å². The monoisotopic (exact) mass is 458 g/mol. The molecule has 0 aromatic carbocycles. The van der Waals surface area contributed by atoms with Crippen LogP contribution in [0.1, 0.15) is 111 Å². The van der Waals surface area contributed by atoms with Gasteiger partial charge in [0.1, 0.15) is 5.60 Å². The van der Waals surface area contributed by atoms with E-state index >= 15 is 0 Å². The van der Waals surface area contributed by atoms with Crippen molar-refractivity contribution in [3.05, 3.63) is 0 Å². The van der Waals surface area contributed by atoms with Crippen LogP contribution in [-0.4, -0.2) is 55.1 Å². The Morgan fingerprint density at radius 1 is 0.875 bits per heavy atom. The normalized spacial score (nSPS) is 12.4. The Kier molecular flexibility index (Phi) is 19.4. The van der Waals surface area contributed by atoms with Gasteiger partial charge in [-0.05, 0) is 53.0 Å². The topological polar surface area (TPSA) is 96.9 Å². The number of ether oxygens (including phenoxy) is 2. The van der Waals surface area contributed by atoms with Gasteiger partial charge in [0.25, 0.3) is 0 Å². The van der Waals surface area contributed by atoms with Crippen LogP contribution >= 0.6 is 0 Å². The van der Waals surface area contributed by atoms with Crippen LogP contribution in [0.2, 0.25) is 0 Å². The number of rotatable bonds is 20. The Labute approximate surface area is 196 Å². The summed E-state index contributed by atoms with van der Waals surface area (Å²) >= 11 is 0. The fourth-order valence-corrected chi connectivity index (χ4v) is 3.24. The summed E-state index contributed by atoms with van der Waals surface area (Å²) in [6, 6.07) is 0. The van der Waals surface area contributed by atoms with Crippen molar-refractivity contribution in [3.8, 4) is 0 Å². The third kappa shape index (κ3) is 23.3. The number of alkyl carbamates (subject to hydrolysis) is 1. The van der Waals surface area contributed by atoms with Crippen molar-refractivity contribution >= 4 is 12.1 Å². The molecular formula is C25H50N2O5. The zero-order valence-corrected chi connectivity index (χ0v) is 21.2. The minimum absolute atomic E-state index is 0.169. The first kappa shape index (κ1) is 30.7. The van der Waals surface area contributed by atoms with Gasteiger partial charge in [-0.15, -0.1) is 0 Å². The van der Waals surface area contributed by atoms with E-state index in [4.69, 9.17) is 9.47 Å². The quantitative estimate of drug-likeness (QED) is 0.174. The average Bonchev–Trinajstić information content (AvgIpc) is 2.70. The number of amides is 1. The van der Waals surface area contributed by atoms with Crippen LogP contribution in [0.15, 0.2) is 0 Å². The van der Waals surface area contributed by atoms with E-state index in [9.17, 15) is 14.7 Å². The third-order valence-electron chi connectivity index (χ3n) is 5.01. The summed E-state index contributed by atoms with van der Waals surface area (Å²) < 4.78 is 10.4. The van der Waals surface area contributed by atoms with Crippen LogP contribution in [0, 0.1) is 0 Å². The molecule has 0 saturated carbocycles. The first-order valence-corrected chi connectivity index (χ1v) is 12.8. The zero-order valence-electron chi connectivity index (χ0n) is 21.2. The van der Waals surface area contributed by atoms with E-state index in [1.54, 1.807) is 0 Å². The second-order valence-electron chi connectivity index (χ2n) is 9.58. The molecule has 190 valence electrons. The first-order chi connectivity index (χ1) is 15.2. The minimum Gasteiger partial charge on any atom is -0.466 e. The lowest BCUT2D eigenvalue weighted by Crippen LogP contribution is -2.34. The summed E-state index contributed by atoms with van der Waals surface area (Å²) in [5.41, 5.74) is -0.494. The highest BCUT2D eigenvalue weighted by Crippen LogP contribution is 2.10. The Morgan fingerprint density at radius 3 is 2.12 bits per heavy atom. The van der Waals surface area contributed by atoms with E-state index in [0.29, 0.717) is 45.5 Å². The maximum atomic E-state index is 11.8. The van der Waals surface area contributed by atoms with Crippen LogP contribution in [0.3, 0.4) is 0 Å². The van der Waals surface area contributed by atoms with Crippen LogP contribution in [0.25, 0.3) is 0 Å². The summed E-state index contributed by atoms with van der Waals surface area (Å²) in [6.45, 7) is 9.90. The lowest BCUT2D eigenvalue weighted by molar-refractivity contribution is -0.144. The number of unbranched alkanes of at least 4 members (excludes halogenated alkanes) is 8. The summed E-state index contributed by atoms with van der Waals surface area (Å²) in [6.07, 6.45) is 12.6. The molecule has 0 fully saturated rings. The molecular weight excluding hydrogens is 408 g/mol. The molecule has 0 bridgehead atoms. The fourth-order valence-electron chi connectivity index (χ4n) is 3.24. The average molecular weight is 459 g/mol. The first-order valence-electron chi connectivity index (χ1n) is 12.8. The molecule has 1 atom stereocenters. The number of carbonyl (C=O) groups is 2. The molecule has 0 radical (unpaired) electrons. The highest BCUT2D eigenvalue weighted by Gasteiger charge is 2.15. The molecule has 1 amide bonds. The molecule has 0 spiro atoms. The van der Waals surface area contributed by atoms with Gasteiger partial charge in [0.2, 0.25) is 0 Å². The van der Waals surface area contributed by atoms with Crippen molar-refractivity contribution in [2.24, 2.45) is 0 Å². The SMILES string of the molecule is CCCCCCCCCCCOC(=O)CCCC(O)CNCCCNC(=O)OC(C)(C)C. The molecule has 0 aliphatic rings. The van der Waals surface area contributed by atoms with Gasteiger partial charge in [-0.2, -0.15) is 0 Å². The highest BCUT2D eigenvalue weighted by atomic mass is 16.6. The van der Waals surface area contributed by atoms with E-state index in [2.05, 4.69) is 17.6 Å². The summed E-state index contributed by atoms with van der Waals surface area (Å²) in [7, 11) is 0. The fraction of sp³-hybridized carbons (Fsp3) is 0.920. The number of esters is 1. The van der Waals surface area contributed by atoms with Crippen molar-refractivity contribution in [1.29, 1.82) is 0 Å². The van der Waals surface area contributed by atoms with Gasteiger partial charge in [0.15, 0.2) is 0 Å². The maximum Gasteiger partial charge on any atom is 0.407 e. The molecule has 0 heterocycles. The van der Waals surface area contributed by atoms with Gasteiger partial charge in [-0.25, -0.2) is 4.79 Å². The summed E-state index contributed by atoms with van der Waals surface area (Å²) in [5, 5.41) is 15.9. The molecule has 0 rings (SSSR count). The van der Waals surface area contributed by atoms with Crippen molar-refractivity contribution in [3.63, 3.8) is 0 Å². The lowest BCUT2D eigenvalue weighted by Gasteiger charge is -2.19. The van der Waals surface area contributed by atoms with E-state index < -0.39 is 17.8 Å². The highest BCUT2D eigenvalue weighted by molar-refractivity contribution is 5.69. The van der Waals surface area contributed by atoms with Crippen LogP contribution in [0.4, 0.5) is 4.79 Å². The summed E-state index contributed by atoms with van der Waals surface area (Å²) in [4.78, 5) is 23.3. The van der Waals surface area contributed by atoms with E-state index in [1.807, 2.05) is 20.8 Å². The number of aliphatic hydroxyl groups excluding tert-OH is 1. The summed E-state index contributed by atoms with van der Waals surface area (Å²) in [5.74, 6) is -0.169. The van der Waals surface area contributed by atoms with Gasteiger partial charge >= 0.3 is 12.1 Å². The van der Waals surface area contributed by atoms with Gasteiger partial charge in [-0.1, -0.05) is 58.3 Å². The lowest BCUT2D eigenvalue weighted by atomic mass is 10.1. The van der Waals surface area contributed by atoms with Gasteiger partial charge < -0.3 is 25.2 Å². The maximum absolute atomic E-state index is 11.8. The van der Waals surface area contributed by atoms with Gasteiger partial charge in [0, 0.05) is 19.5 Å². The zero-order chi connectivity index (χ0) is 24.1. The Balaban J connectivity index is 3.42. The van der Waals surface area contributed by atoms with Gasteiger partial charge in [0.05, 0.1) is 12.7 Å². The van der Waals surface area contributed by atoms with Gasteiger partial charge in [-0.3, -0.25) is 4.79 Å². The minimum atomic E-state index is -0.494. The second kappa shape index (κ2) is 20.3. The molecule has 0 saturated heterocycles. The van der Waals surface area contributed by atoms with Crippen molar-refractivity contribution in [2.75, 3.05) is 26.2 Å². The predicted octanol–water partition coefficient (Wildman–Crippen LogP) is 5.10. The number of carbonyl (C=O) groups excluding carboxylic acids is 2. The van der Waals surface area contributed by atoms with Crippen molar-refractivity contribution < 1.29 is 24.2 Å². The molecule has 7 nitrogen and oxygen atoms in total. The largest absolute Gasteiger partial charge is 0.466 e. The standard InChI is InChI=1S/C25H50N2O5/c1-5-6-7-8-9-10-11-12-13-20-31-23(29)17-14-16-22(28)21-26-18-15-19-27-24(30)32-25(2,3)4/h22,26,28H,5-21H2,1-4H3,(H,27,30). The number of hydrogen-bond donors (Lipinski definition) is 3. The molecule has 0 aromatic heterocycles. The number of aliphatic hydroxyl groups is 1. The molecule has 1 unspecified atom stereocenters. The number of nitrogens with one attached hydrogen (secondary N) is 2. The van der Waals surface area contributed by atoms with E-state index in [-0.39, 0.29) is 5.97 Å². The molecule has 0 aromatic rings. The van der Waals surface area contributed by atoms with E-state index in [0.717, 1.165) is 19.3 Å². The molecule has 7 heteroatoms. The third-order valence-corrected chi connectivity index (χ3v) is 5.01. The Bertz CT molecular complexity index is 466. The Morgan fingerprint density at radius 2 is 1.50 bits per heavy atom. The molecule has 0 aliphatic heterocycles. The van der Waals surface area contributed by atoms with Crippen LogP contribution in [0.5, 0.6) is 0 Å². The number of hydrogen-bond acceptors (Lipinski definition) is 6. The van der Waals surface area contributed by atoms with E-state index in [1.165, 1.54) is 44.9 Å². The molecule has 3 N–H and O–H groups in total. The van der Waals surface area contributed by atoms with Crippen molar-refractivity contribution in [1.82, 2.24) is 10.6 Å². The molecule has 0 aliphatic carbocycles.